The number of nitrogens with zero attached hydrogens (tertiary/aromatic N) is 3. The standard InChI is InChI=1S/C17H26N4/c1-2-18-15-11-16(20-17(19-15)13-8-9-13)21-10-4-6-12-5-3-7-14(12)21/h11-14H,2-10H2,1H3,(H,18,19,20). The van der Waals surface area contributed by atoms with Crippen molar-refractivity contribution in [3.8, 4) is 0 Å². The van der Waals surface area contributed by atoms with Gasteiger partial charge in [-0.2, -0.15) is 0 Å². The molecule has 2 saturated carbocycles. The van der Waals surface area contributed by atoms with Gasteiger partial charge in [0.05, 0.1) is 0 Å². The molecule has 1 N–H and O–H groups in total. The van der Waals surface area contributed by atoms with Crippen molar-refractivity contribution in [2.75, 3.05) is 23.3 Å². The normalized spacial score (nSPS) is 28.5. The molecule has 114 valence electrons. The van der Waals surface area contributed by atoms with Crippen molar-refractivity contribution in [1.29, 1.82) is 0 Å². The highest BCUT2D eigenvalue weighted by atomic mass is 15.2. The molecule has 2 heterocycles. The second-order valence-electron chi connectivity index (χ2n) is 6.87. The summed E-state index contributed by atoms with van der Waals surface area (Å²) in [4.78, 5) is 12.2. The first-order valence-corrected chi connectivity index (χ1v) is 8.74. The van der Waals surface area contributed by atoms with Gasteiger partial charge in [-0.25, -0.2) is 9.97 Å². The third-order valence-corrected chi connectivity index (χ3v) is 5.32. The lowest BCUT2D eigenvalue weighted by Crippen LogP contribution is -2.43. The molecular formula is C17H26N4. The van der Waals surface area contributed by atoms with E-state index in [1.807, 2.05) is 0 Å². The fourth-order valence-electron chi connectivity index (χ4n) is 4.13. The van der Waals surface area contributed by atoms with Crippen LogP contribution in [-0.4, -0.2) is 29.1 Å². The number of rotatable bonds is 4. The second kappa shape index (κ2) is 5.47. The molecule has 1 aliphatic heterocycles. The number of anilines is 2. The van der Waals surface area contributed by atoms with E-state index in [-0.39, 0.29) is 0 Å². The van der Waals surface area contributed by atoms with Gasteiger partial charge in [-0.15, -0.1) is 0 Å². The van der Waals surface area contributed by atoms with Gasteiger partial charge in [0.25, 0.3) is 0 Å². The first-order valence-electron chi connectivity index (χ1n) is 8.74. The highest BCUT2D eigenvalue weighted by Crippen LogP contribution is 2.42. The fourth-order valence-corrected chi connectivity index (χ4v) is 4.13. The van der Waals surface area contributed by atoms with Crippen LogP contribution in [0.5, 0.6) is 0 Å². The fraction of sp³-hybridized carbons (Fsp3) is 0.765. The van der Waals surface area contributed by atoms with Crippen LogP contribution in [-0.2, 0) is 0 Å². The number of hydrogen-bond donors (Lipinski definition) is 1. The molecule has 0 radical (unpaired) electrons. The smallest absolute Gasteiger partial charge is 0.136 e. The zero-order valence-corrected chi connectivity index (χ0v) is 13.0. The van der Waals surface area contributed by atoms with Gasteiger partial charge in [-0.05, 0) is 51.4 Å². The summed E-state index contributed by atoms with van der Waals surface area (Å²) in [5.74, 6) is 4.79. The number of fused-ring (bicyclic) bond motifs is 1. The third kappa shape index (κ3) is 2.60. The summed E-state index contributed by atoms with van der Waals surface area (Å²) in [6.45, 7) is 4.23. The van der Waals surface area contributed by atoms with E-state index in [4.69, 9.17) is 9.97 Å². The Morgan fingerprint density at radius 1 is 1.14 bits per heavy atom. The van der Waals surface area contributed by atoms with Crippen LogP contribution in [0.2, 0.25) is 0 Å². The molecule has 4 rings (SSSR count). The summed E-state index contributed by atoms with van der Waals surface area (Å²) in [7, 11) is 0. The first-order chi connectivity index (χ1) is 10.3. The number of nitrogens with one attached hydrogen (secondary N) is 1. The summed E-state index contributed by atoms with van der Waals surface area (Å²) in [5, 5.41) is 3.39. The molecule has 4 nitrogen and oxygen atoms in total. The molecule has 4 heteroatoms. The average molecular weight is 286 g/mol. The second-order valence-corrected chi connectivity index (χ2v) is 6.87. The van der Waals surface area contributed by atoms with Gasteiger partial charge >= 0.3 is 0 Å². The van der Waals surface area contributed by atoms with E-state index in [1.165, 1.54) is 57.3 Å². The van der Waals surface area contributed by atoms with Crippen molar-refractivity contribution < 1.29 is 0 Å². The highest BCUT2D eigenvalue weighted by molar-refractivity contribution is 5.51. The summed E-state index contributed by atoms with van der Waals surface area (Å²) in [5.41, 5.74) is 0. The van der Waals surface area contributed by atoms with Gasteiger partial charge in [0.15, 0.2) is 0 Å². The van der Waals surface area contributed by atoms with Crippen molar-refractivity contribution in [3.05, 3.63) is 11.9 Å². The summed E-state index contributed by atoms with van der Waals surface area (Å²) >= 11 is 0. The number of hydrogen-bond acceptors (Lipinski definition) is 4. The van der Waals surface area contributed by atoms with Crippen LogP contribution >= 0.6 is 0 Å². The van der Waals surface area contributed by atoms with Crippen LogP contribution in [0.25, 0.3) is 0 Å². The maximum absolute atomic E-state index is 4.94. The minimum atomic E-state index is 0.617. The zero-order valence-electron chi connectivity index (χ0n) is 13.0. The topological polar surface area (TPSA) is 41.0 Å². The Morgan fingerprint density at radius 2 is 2.00 bits per heavy atom. The van der Waals surface area contributed by atoms with Gasteiger partial charge in [0.1, 0.15) is 17.5 Å². The van der Waals surface area contributed by atoms with Crippen molar-refractivity contribution >= 4 is 11.6 Å². The van der Waals surface area contributed by atoms with Gasteiger partial charge in [-0.1, -0.05) is 6.42 Å². The van der Waals surface area contributed by atoms with Gasteiger partial charge in [0, 0.05) is 31.1 Å². The van der Waals surface area contributed by atoms with E-state index in [0.29, 0.717) is 5.92 Å². The Labute approximate surface area is 127 Å². The maximum atomic E-state index is 4.94. The molecule has 0 spiro atoms. The highest BCUT2D eigenvalue weighted by Gasteiger charge is 2.36. The third-order valence-electron chi connectivity index (χ3n) is 5.32. The lowest BCUT2D eigenvalue weighted by atomic mass is 9.92. The monoisotopic (exact) mass is 286 g/mol. The lowest BCUT2D eigenvalue weighted by Gasteiger charge is -2.38. The van der Waals surface area contributed by atoms with Crippen molar-refractivity contribution in [3.63, 3.8) is 0 Å². The average Bonchev–Trinajstić information content (AvgIpc) is 3.24. The van der Waals surface area contributed by atoms with Crippen LogP contribution in [0.3, 0.4) is 0 Å². The van der Waals surface area contributed by atoms with Crippen molar-refractivity contribution in [2.45, 2.75) is 63.8 Å². The Hall–Kier alpha value is -1.32. The minimum Gasteiger partial charge on any atom is -0.370 e. The molecule has 1 aromatic rings. The van der Waals surface area contributed by atoms with E-state index in [0.717, 1.165) is 30.1 Å². The van der Waals surface area contributed by atoms with Crippen LogP contribution in [0, 0.1) is 5.92 Å². The molecule has 2 aliphatic carbocycles. The van der Waals surface area contributed by atoms with Gasteiger partial charge in [0.2, 0.25) is 0 Å². The Bertz CT molecular complexity index is 512. The number of piperidine rings is 1. The molecular weight excluding hydrogens is 260 g/mol. The van der Waals surface area contributed by atoms with E-state index >= 15 is 0 Å². The molecule has 2 unspecified atom stereocenters. The molecule has 21 heavy (non-hydrogen) atoms. The Kier molecular flexibility index (Phi) is 3.48. The van der Waals surface area contributed by atoms with E-state index in [2.05, 4.69) is 23.2 Å². The Balaban J connectivity index is 1.65. The molecule has 2 atom stereocenters. The zero-order chi connectivity index (χ0) is 14.2. The lowest BCUT2D eigenvalue weighted by molar-refractivity contribution is 0.360. The first kappa shape index (κ1) is 13.4. The van der Waals surface area contributed by atoms with Gasteiger partial charge < -0.3 is 10.2 Å². The minimum absolute atomic E-state index is 0.617. The summed E-state index contributed by atoms with van der Waals surface area (Å²) in [6, 6.07) is 2.91. The van der Waals surface area contributed by atoms with Gasteiger partial charge in [-0.3, -0.25) is 0 Å². The SMILES string of the molecule is CCNc1cc(N2CCCC3CCCC32)nc(C2CC2)n1. The summed E-state index contributed by atoms with van der Waals surface area (Å²) < 4.78 is 0. The Morgan fingerprint density at radius 3 is 2.81 bits per heavy atom. The predicted molar refractivity (Wildman–Crippen MR) is 85.9 cm³/mol. The number of aromatic nitrogens is 2. The van der Waals surface area contributed by atoms with Crippen LogP contribution in [0.15, 0.2) is 6.07 Å². The van der Waals surface area contributed by atoms with E-state index in [1.54, 1.807) is 0 Å². The van der Waals surface area contributed by atoms with Crippen molar-refractivity contribution in [1.82, 2.24) is 9.97 Å². The molecule has 0 bridgehead atoms. The quantitative estimate of drug-likeness (QED) is 0.919. The predicted octanol–water partition coefficient (Wildman–Crippen LogP) is 3.55. The van der Waals surface area contributed by atoms with Crippen LogP contribution in [0.4, 0.5) is 11.6 Å². The largest absolute Gasteiger partial charge is 0.370 e. The van der Waals surface area contributed by atoms with E-state index in [9.17, 15) is 0 Å². The van der Waals surface area contributed by atoms with E-state index < -0.39 is 0 Å². The van der Waals surface area contributed by atoms with Crippen LogP contribution in [0.1, 0.15) is 63.6 Å². The van der Waals surface area contributed by atoms with Crippen molar-refractivity contribution in [2.24, 2.45) is 5.92 Å². The molecule has 1 aromatic heterocycles. The molecule has 0 amide bonds. The molecule has 3 fully saturated rings. The summed E-state index contributed by atoms with van der Waals surface area (Å²) in [6.07, 6.45) is 9.43. The molecule has 1 saturated heterocycles. The molecule has 3 aliphatic rings. The van der Waals surface area contributed by atoms with Crippen LogP contribution < -0.4 is 10.2 Å². The maximum Gasteiger partial charge on any atom is 0.136 e. The molecule has 0 aromatic carbocycles.